The van der Waals surface area contributed by atoms with Gasteiger partial charge in [-0.3, -0.25) is 4.79 Å². The Bertz CT molecular complexity index is 532. The van der Waals surface area contributed by atoms with Crippen molar-refractivity contribution in [3.63, 3.8) is 0 Å². The number of imidazole rings is 1. The Hall–Kier alpha value is -1.84. The number of pyridine rings is 1. The highest BCUT2D eigenvalue weighted by Crippen LogP contribution is 2.13. The lowest BCUT2D eigenvalue weighted by molar-refractivity contribution is -0.143. The maximum absolute atomic E-state index is 11.3. The molecule has 0 radical (unpaired) electrons. The molecular weight excluding hydrogens is 240 g/mol. The molecule has 0 spiro atoms. The van der Waals surface area contributed by atoms with Gasteiger partial charge in [-0.15, -0.1) is 0 Å². The quantitative estimate of drug-likeness (QED) is 0.795. The van der Waals surface area contributed by atoms with E-state index in [2.05, 4.69) is 4.98 Å². The van der Waals surface area contributed by atoms with Crippen molar-refractivity contribution in [2.24, 2.45) is 0 Å². The highest BCUT2D eigenvalue weighted by atomic mass is 16.5. The van der Waals surface area contributed by atoms with Gasteiger partial charge in [0.1, 0.15) is 5.65 Å². The number of hydrogen-bond acceptors (Lipinski definition) is 3. The van der Waals surface area contributed by atoms with Crippen molar-refractivity contribution in [2.75, 3.05) is 6.61 Å². The fraction of sp³-hybridized carbons (Fsp3) is 0.467. The number of nitrogens with zero attached hydrogens (tertiary/aromatic N) is 2. The Morgan fingerprint density at radius 1 is 1.37 bits per heavy atom. The third kappa shape index (κ3) is 3.81. The topological polar surface area (TPSA) is 43.6 Å². The van der Waals surface area contributed by atoms with Gasteiger partial charge in [0.25, 0.3) is 0 Å². The van der Waals surface area contributed by atoms with E-state index in [0.29, 0.717) is 19.4 Å². The van der Waals surface area contributed by atoms with E-state index in [1.807, 2.05) is 56.5 Å². The number of carbonyl (C=O) groups excluding carboxylic acids is 1. The lowest BCUT2D eigenvalue weighted by Gasteiger charge is -2.03. The summed E-state index contributed by atoms with van der Waals surface area (Å²) in [5.41, 5.74) is 2.97. The molecule has 0 atom stereocenters. The summed E-state index contributed by atoms with van der Waals surface area (Å²) in [5.74, 6) is -0.155. The summed E-state index contributed by atoms with van der Waals surface area (Å²) in [5, 5.41) is 0. The zero-order valence-electron chi connectivity index (χ0n) is 12.1. The average molecular weight is 262 g/mol. The molecule has 0 aromatic carbocycles. The molecule has 0 aliphatic carbocycles. The predicted octanol–water partition coefficient (Wildman–Crippen LogP) is 3.16. The van der Waals surface area contributed by atoms with Crippen molar-refractivity contribution < 1.29 is 9.53 Å². The number of aryl methyl sites for hydroxylation is 2. The van der Waals surface area contributed by atoms with Crippen molar-refractivity contribution >= 4 is 11.6 Å². The van der Waals surface area contributed by atoms with E-state index in [1.165, 1.54) is 0 Å². The third-order valence-electron chi connectivity index (χ3n) is 2.70. The molecule has 2 aromatic rings. The summed E-state index contributed by atoms with van der Waals surface area (Å²) in [7, 11) is 0. The van der Waals surface area contributed by atoms with Crippen molar-refractivity contribution in [3.8, 4) is 0 Å². The van der Waals surface area contributed by atoms with E-state index in [-0.39, 0.29) is 5.97 Å². The first-order chi connectivity index (χ1) is 9.22. The molecule has 0 fully saturated rings. The van der Waals surface area contributed by atoms with E-state index in [1.54, 1.807) is 0 Å². The molecule has 4 heteroatoms. The first kappa shape index (κ1) is 15.2. The summed E-state index contributed by atoms with van der Waals surface area (Å²) in [6.45, 7) is 8.22. The van der Waals surface area contributed by atoms with Gasteiger partial charge in [-0.2, -0.15) is 0 Å². The normalized spacial score (nSPS) is 9.89. The van der Waals surface area contributed by atoms with Gasteiger partial charge in [-0.05, 0) is 26.0 Å². The third-order valence-corrected chi connectivity index (χ3v) is 2.70. The smallest absolute Gasteiger partial charge is 0.306 e. The van der Waals surface area contributed by atoms with E-state index in [9.17, 15) is 4.79 Å². The molecule has 19 heavy (non-hydrogen) atoms. The molecule has 4 nitrogen and oxygen atoms in total. The summed E-state index contributed by atoms with van der Waals surface area (Å²) >= 11 is 0. The average Bonchev–Trinajstić information content (AvgIpc) is 2.75. The molecule has 0 unspecified atom stereocenters. The molecule has 2 heterocycles. The van der Waals surface area contributed by atoms with Crippen molar-refractivity contribution in [1.82, 2.24) is 9.38 Å². The van der Waals surface area contributed by atoms with Crippen LogP contribution in [0.2, 0.25) is 0 Å². The molecular formula is C15H22N2O2. The van der Waals surface area contributed by atoms with E-state index in [4.69, 9.17) is 4.74 Å². The van der Waals surface area contributed by atoms with Gasteiger partial charge in [0.15, 0.2) is 0 Å². The van der Waals surface area contributed by atoms with Gasteiger partial charge in [-0.25, -0.2) is 4.98 Å². The van der Waals surface area contributed by atoms with E-state index >= 15 is 0 Å². The molecule has 0 amide bonds. The maximum atomic E-state index is 11.3. The molecule has 0 N–H and O–H groups in total. The molecule has 0 aliphatic heterocycles. The largest absolute Gasteiger partial charge is 0.466 e. The fourth-order valence-electron chi connectivity index (χ4n) is 1.92. The van der Waals surface area contributed by atoms with Crippen molar-refractivity contribution in [2.45, 2.75) is 40.5 Å². The number of hydrogen-bond donors (Lipinski definition) is 0. The first-order valence-corrected chi connectivity index (χ1v) is 6.80. The van der Waals surface area contributed by atoms with Crippen LogP contribution in [0.5, 0.6) is 0 Å². The van der Waals surface area contributed by atoms with Crippen molar-refractivity contribution in [1.29, 1.82) is 0 Å². The van der Waals surface area contributed by atoms with Crippen molar-refractivity contribution in [3.05, 3.63) is 35.8 Å². The fourth-order valence-corrected chi connectivity index (χ4v) is 1.92. The highest BCUT2D eigenvalue weighted by Gasteiger charge is 2.10. The molecule has 2 rings (SSSR count). The van der Waals surface area contributed by atoms with Crippen LogP contribution in [0.4, 0.5) is 0 Å². The zero-order valence-corrected chi connectivity index (χ0v) is 12.1. The number of ether oxygens (including phenoxy) is 1. The second kappa shape index (κ2) is 7.56. The minimum absolute atomic E-state index is 0.155. The molecule has 0 saturated heterocycles. The molecule has 0 bridgehead atoms. The van der Waals surface area contributed by atoms with Crippen LogP contribution in [-0.4, -0.2) is 22.0 Å². The molecule has 104 valence electrons. The molecule has 0 aliphatic rings. The molecule has 2 aromatic heterocycles. The second-order valence-electron chi connectivity index (χ2n) is 3.88. The van der Waals surface area contributed by atoms with Crippen LogP contribution in [-0.2, 0) is 16.0 Å². The summed E-state index contributed by atoms with van der Waals surface area (Å²) in [4.78, 5) is 15.8. The standard InChI is InChI=1S/C13H16N2O2.C2H6/c1-3-17-13(16)8-7-11-10(2)14-12-6-4-5-9-15(11)12;1-2/h4-6,9H,3,7-8H2,1-2H3;1-2H3. The number of fused-ring (bicyclic) bond motifs is 1. The van der Waals surface area contributed by atoms with Gasteiger partial charge >= 0.3 is 5.97 Å². The summed E-state index contributed by atoms with van der Waals surface area (Å²) in [6, 6.07) is 5.87. The Labute approximate surface area is 114 Å². The Kier molecular flexibility index (Phi) is 6.06. The Morgan fingerprint density at radius 3 is 2.79 bits per heavy atom. The van der Waals surface area contributed by atoms with Crippen LogP contribution >= 0.6 is 0 Å². The Balaban J connectivity index is 0.000000861. The van der Waals surface area contributed by atoms with Crippen LogP contribution in [0.15, 0.2) is 24.4 Å². The molecule has 0 saturated carbocycles. The van der Waals surface area contributed by atoms with Gasteiger partial charge in [-0.1, -0.05) is 19.9 Å². The maximum Gasteiger partial charge on any atom is 0.306 e. The number of carbonyl (C=O) groups is 1. The van der Waals surface area contributed by atoms with Gasteiger partial charge < -0.3 is 9.14 Å². The van der Waals surface area contributed by atoms with Crippen LogP contribution in [0.1, 0.15) is 38.6 Å². The Morgan fingerprint density at radius 2 is 2.11 bits per heavy atom. The summed E-state index contributed by atoms with van der Waals surface area (Å²) in [6.07, 6.45) is 3.03. The predicted molar refractivity (Wildman–Crippen MR) is 76.2 cm³/mol. The lowest BCUT2D eigenvalue weighted by atomic mass is 10.2. The minimum Gasteiger partial charge on any atom is -0.466 e. The van der Waals surface area contributed by atoms with Crippen LogP contribution in [0.25, 0.3) is 5.65 Å². The highest BCUT2D eigenvalue weighted by molar-refractivity contribution is 5.69. The first-order valence-electron chi connectivity index (χ1n) is 6.80. The van der Waals surface area contributed by atoms with Crippen LogP contribution < -0.4 is 0 Å². The van der Waals surface area contributed by atoms with E-state index in [0.717, 1.165) is 17.0 Å². The number of rotatable bonds is 4. The monoisotopic (exact) mass is 262 g/mol. The SMILES string of the molecule is CC.CCOC(=O)CCc1c(C)nc2ccccn12. The van der Waals surface area contributed by atoms with Crippen LogP contribution in [0, 0.1) is 6.92 Å². The van der Waals surface area contributed by atoms with E-state index < -0.39 is 0 Å². The number of aromatic nitrogens is 2. The van der Waals surface area contributed by atoms with Gasteiger partial charge in [0.05, 0.1) is 18.7 Å². The summed E-state index contributed by atoms with van der Waals surface area (Å²) < 4.78 is 6.95. The van der Waals surface area contributed by atoms with Crippen LogP contribution in [0.3, 0.4) is 0 Å². The lowest BCUT2D eigenvalue weighted by Crippen LogP contribution is -2.06. The number of esters is 1. The second-order valence-corrected chi connectivity index (χ2v) is 3.88. The zero-order chi connectivity index (χ0) is 14.3. The van der Waals surface area contributed by atoms with Gasteiger partial charge in [0.2, 0.25) is 0 Å². The van der Waals surface area contributed by atoms with Gasteiger partial charge in [0, 0.05) is 18.3 Å². The minimum atomic E-state index is -0.155.